The van der Waals surface area contributed by atoms with Crippen LogP contribution in [-0.4, -0.2) is 16.9 Å². The number of aromatic carboxylic acids is 1. The first-order chi connectivity index (χ1) is 10.8. The van der Waals surface area contributed by atoms with Crippen LogP contribution in [0.5, 0.6) is 11.5 Å². The lowest BCUT2D eigenvalue weighted by Gasteiger charge is -2.10. The van der Waals surface area contributed by atoms with Gasteiger partial charge in [0.1, 0.15) is 3.57 Å². The minimum atomic E-state index is -1.06. The highest BCUT2D eigenvalue weighted by atomic mass is 127. The molecule has 5 nitrogen and oxygen atoms in total. The van der Waals surface area contributed by atoms with Gasteiger partial charge in [-0.15, -0.1) is 0 Å². The monoisotopic (exact) mass is 760 g/mol. The van der Waals surface area contributed by atoms with Crippen molar-refractivity contribution in [1.29, 1.82) is 0 Å². The maximum absolute atomic E-state index is 13.0. The molecule has 3 rings (SSSR count). The van der Waals surface area contributed by atoms with E-state index < -0.39 is 5.97 Å². The van der Waals surface area contributed by atoms with Crippen LogP contribution in [0, 0.1) is 14.3 Å². The van der Waals surface area contributed by atoms with Crippen molar-refractivity contribution in [1.82, 2.24) is 0 Å². The van der Waals surface area contributed by atoms with Crippen molar-refractivity contribution in [2.75, 3.05) is 0 Å². The van der Waals surface area contributed by atoms with Crippen LogP contribution in [-0.2, 0) is 0 Å². The lowest BCUT2D eigenvalue weighted by molar-refractivity contribution is -0.0853. The fourth-order valence-electron chi connectivity index (χ4n) is 2.03. The second-order valence-electron chi connectivity index (χ2n) is 4.46. The van der Waals surface area contributed by atoms with Crippen LogP contribution in [0.2, 0.25) is 0 Å². The van der Waals surface area contributed by atoms with Gasteiger partial charge in [0.2, 0.25) is 5.75 Å². The van der Waals surface area contributed by atoms with Crippen molar-refractivity contribution < 1.29 is 24.5 Å². The van der Waals surface area contributed by atoms with Gasteiger partial charge < -0.3 is 5.11 Å². The highest BCUT2D eigenvalue weighted by Crippen LogP contribution is 2.43. The lowest BCUT2D eigenvalue weighted by atomic mass is 10.0. The fourth-order valence-corrected chi connectivity index (χ4v) is 6.07. The van der Waals surface area contributed by atoms with Crippen LogP contribution >= 0.6 is 90.4 Å². The molecule has 23 heavy (non-hydrogen) atoms. The Bertz CT molecular complexity index is 878. The van der Waals surface area contributed by atoms with Gasteiger partial charge in [-0.05, 0) is 109 Å². The maximum Gasteiger partial charge on any atom is 0.336 e. The molecule has 1 N–H and O–H groups in total. The molecule has 0 radical (unpaired) electrons. The molecule has 0 spiro atoms. The SMILES string of the molecule is O=C(O)c1ccc(I)c(C(=O)c2cc3c(I)c(c2I)OO3)c1I. The Kier molecular flexibility index (Phi) is 5.28. The molecule has 118 valence electrons. The van der Waals surface area contributed by atoms with Gasteiger partial charge in [-0.3, -0.25) is 14.6 Å². The molecule has 2 aromatic rings. The summed E-state index contributed by atoms with van der Waals surface area (Å²) in [5.74, 6) is -0.302. The summed E-state index contributed by atoms with van der Waals surface area (Å²) in [6.07, 6.45) is 0. The first kappa shape index (κ1) is 17.9. The number of hydrogen-bond acceptors (Lipinski definition) is 4. The zero-order valence-electron chi connectivity index (χ0n) is 10.8. The van der Waals surface area contributed by atoms with E-state index >= 15 is 0 Å². The number of benzene rings is 2. The molecule has 9 heteroatoms. The molecule has 0 unspecified atom stereocenters. The molecule has 0 atom stereocenters. The van der Waals surface area contributed by atoms with Crippen LogP contribution in [0.1, 0.15) is 26.3 Å². The summed E-state index contributed by atoms with van der Waals surface area (Å²) in [5.41, 5.74) is 0.925. The van der Waals surface area contributed by atoms with Crippen molar-refractivity contribution in [3.05, 3.63) is 49.2 Å². The van der Waals surface area contributed by atoms with Crippen molar-refractivity contribution in [2.45, 2.75) is 0 Å². The Morgan fingerprint density at radius 1 is 0.913 bits per heavy atom. The quantitative estimate of drug-likeness (QED) is 0.279. The molecule has 0 aromatic heterocycles. The van der Waals surface area contributed by atoms with E-state index in [4.69, 9.17) is 9.78 Å². The standard InChI is InChI=1S/C14H4I4O5/c15-6-2-1-4(14(20)21)9(16)8(6)12(19)5-3-7-11(18)13(10(5)17)23-22-7/h1-3H,(H,20,21). The van der Waals surface area contributed by atoms with Gasteiger partial charge in [-0.1, -0.05) is 0 Å². The topological polar surface area (TPSA) is 72.8 Å². The number of ketones is 1. The third-order valence-electron chi connectivity index (χ3n) is 3.13. The van der Waals surface area contributed by atoms with Gasteiger partial charge in [-0.2, -0.15) is 0 Å². The average Bonchev–Trinajstić information content (AvgIpc) is 2.73. The summed E-state index contributed by atoms with van der Waals surface area (Å²) in [4.78, 5) is 34.5. The molecule has 2 aromatic carbocycles. The molecular weight excluding hydrogens is 756 g/mol. The second-order valence-corrected chi connectivity index (χ2v) is 8.86. The van der Waals surface area contributed by atoms with Crippen molar-refractivity contribution in [3.63, 3.8) is 0 Å². The smallest absolute Gasteiger partial charge is 0.336 e. The Balaban J connectivity index is 2.20. The number of carboxylic acids is 1. The molecule has 0 aliphatic carbocycles. The molecule has 0 saturated heterocycles. The van der Waals surface area contributed by atoms with E-state index in [0.29, 0.717) is 33.3 Å². The zero-order valence-corrected chi connectivity index (χ0v) is 19.5. The number of fused-ring (bicyclic) bond motifs is 2. The van der Waals surface area contributed by atoms with E-state index in [1.807, 2.05) is 67.8 Å². The van der Waals surface area contributed by atoms with Crippen molar-refractivity contribution >= 4 is 102 Å². The van der Waals surface area contributed by atoms with Crippen LogP contribution in [0.15, 0.2) is 18.2 Å². The van der Waals surface area contributed by atoms with E-state index in [1.54, 1.807) is 12.1 Å². The van der Waals surface area contributed by atoms with E-state index in [9.17, 15) is 14.7 Å². The van der Waals surface area contributed by atoms with Gasteiger partial charge in [0.05, 0.1) is 14.7 Å². The first-order valence-electron chi connectivity index (χ1n) is 5.95. The molecular formula is C14H4I4O5. The van der Waals surface area contributed by atoms with Gasteiger partial charge in [0.25, 0.3) is 0 Å². The predicted octanol–water partition coefficient (Wildman–Crippen LogP) is 4.72. The zero-order chi connectivity index (χ0) is 16.9. The van der Waals surface area contributed by atoms with E-state index in [0.717, 1.165) is 3.57 Å². The van der Waals surface area contributed by atoms with Crippen LogP contribution in [0.3, 0.4) is 0 Å². The first-order valence-corrected chi connectivity index (χ1v) is 10.3. The Labute approximate surface area is 185 Å². The lowest BCUT2D eigenvalue weighted by Crippen LogP contribution is -2.12. The summed E-state index contributed by atoms with van der Waals surface area (Å²) in [6, 6.07) is 4.76. The molecule has 0 fully saturated rings. The predicted molar refractivity (Wildman–Crippen MR) is 115 cm³/mol. The third kappa shape index (κ3) is 3.05. The Morgan fingerprint density at radius 2 is 1.61 bits per heavy atom. The van der Waals surface area contributed by atoms with Gasteiger partial charge in [0.15, 0.2) is 11.5 Å². The molecule has 1 heterocycles. The van der Waals surface area contributed by atoms with Crippen molar-refractivity contribution in [2.24, 2.45) is 0 Å². The van der Waals surface area contributed by atoms with Crippen LogP contribution in [0.4, 0.5) is 0 Å². The second kappa shape index (κ2) is 6.78. The van der Waals surface area contributed by atoms with Gasteiger partial charge in [0, 0.05) is 12.7 Å². The van der Waals surface area contributed by atoms with Crippen LogP contribution < -0.4 is 9.78 Å². The number of hydrogen-bond donors (Lipinski definition) is 1. The van der Waals surface area contributed by atoms with E-state index in [2.05, 4.69) is 22.6 Å². The largest absolute Gasteiger partial charge is 0.478 e. The molecule has 2 bridgehead atoms. The van der Waals surface area contributed by atoms with E-state index in [-0.39, 0.29) is 11.3 Å². The number of carbonyl (C=O) groups excluding carboxylic acids is 1. The van der Waals surface area contributed by atoms with E-state index in [1.165, 1.54) is 6.07 Å². The minimum absolute atomic E-state index is 0.109. The number of halogens is 4. The van der Waals surface area contributed by atoms with Crippen LogP contribution in [0.25, 0.3) is 0 Å². The summed E-state index contributed by atoms with van der Waals surface area (Å²) < 4.78 is 2.57. The number of carboxylic acid groups (broad SMARTS) is 1. The minimum Gasteiger partial charge on any atom is -0.478 e. The highest BCUT2D eigenvalue weighted by molar-refractivity contribution is 14.1. The molecule has 1 aliphatic heterocycles. The van der Waals surface area contributed by atoms with Crippen molar-refractivity contribution in [3.8, 4) is 11.5 Å². The number of carbonyl (C=O) groups is 2. The summed E-state index contributed by atoms with van der Waals surface area (Å²) in [6.45, 7) is 0. The summed E-state index contributed by atoms with van der Waals surface area (Å²) >= 11 is 8.06. The van der Waals surface area contributed by atoms with Gasteiger partial charge >= 0.3 is 5.97 Å². The Morgan fingerprint density at radius 3 is 2.26 bits per heavy atom. The number of rotatable bonds is 3. The summed E-state index contributed by atoms with van der Waals surface area (Å²) in [5, 5.41) is 9.26. The fraction of sp³-hybridized carbons (Fsp3) is 0. The molecule has 1 aliphatic rings. The molecule has 0 amide bonds. The van der Waals surface area contributed by atoms with Gasteiger partial charge in [-0.25, -0.2) is 4.79 Å². The normalized spacial score (nSPS) is 11.8. The average molecular weight is 760 g/mol. The Hall–Kier alpha value is 0.100. The summed E-state index contributed by atoms with van der Waals surface area (Å²) in [7, 11) is 0. The highest BCUT2D eigenvalue weighted by Gasteiger charge is 2.30. The maximum atomic E-state index is 13.0. The third-order valence-corrected chi connectivity index (χ3v) is 7.25. The molecule has 0 saturated carbocycles.